The van der Waals surface area contributed by atoms with Gasteiger partial charge in [0.1, 0.15) is 22.6 Å². The lowest BCUT2D eigenvalue weighted by Gasteiger charge is -2.43. The van der Waals surface area contributed by atoms with Crippen molar-refractivity contribution in [2.24, 2.45) is 0 Å². The van der Waals surface area contributed by atoms with Gasteiger partial charge in [-0.2, -0.15) is 30.7 Å². The molecule has 196 valence electrons. The highest BCUT2D eigenvalue weighted by molar-refractivity contribution is 6.31. The van der Waals surface area contributed by atoms with Crippen molar-refractivity contribution in [3.05, 3.63) is 45.5 Å². The number of aryl methyl sites for hydroxylation is 1. The van der Waals surface area contributed by atoms with E-state index >= 15 is 8.78 Å². The summed E-state index contributed by atoms with van der Waals surface area (Å²) in [6.45, 7) is 1.28. The summed E-state index contributed by atoms with van der Waals surface area (Å²) in [5.41, 5.74) is -5.36. The Morgan fingerprint density at radius 1 is 1.00 bits per heavy atom. The molecule has 0 radical (unpaired) electrons. The Balaban J connectivity index is 2.60. The van der Waals surface area contributed by atoms with Gasteiger partial charge in [0.2, 0.25) is 0 Å². The van der Waals surface area contributed by atoms with Gasteiger partial charge in [0.15, 0.2) is 0 Å². The zero-order chi connectivity index (χ0) is 27.6. The number of esters is 2. The third kappa shape index (κ3) is 3.61. The Hall–Kier alpha value is -3.26. The first-order valence-corrected chi connectivity index (χ1v) is 9.86. The van der Waals surface area contributed by atoms with Crippen molar-refractivity contribution in [1.29, 1.82) is 0 Å². The van der Waals surface area contributed by atoms with Crippen LogP contribution in [0.3, 0.4) is 0 Å². The van der Waals surface area contributed by atoms with Gasteiger partial charge in [-0.15, -0.1) is 0 Å². The van der Waals surface area contributed by atoms with Crippen molar-refractivity contribution >= 4 is 23.5 Å². The lowest BCUT2D eigenvalue weighted by molar-refractivity contribution is -0.421. The van der Waals surface area contributed by atoms with E-state index in [4.69, 9.17) is 11.6 Å². The molecule has 0 aromatic heterocycles. The number of phenolic OH excluding ortho intramolecular Hbond substituents is 1. The van der Waals surface area contributed by atoms with E-state index in [0.717, 1.165) is 26.4 Å². The fourth-order valence-electron chi connectivity index (χ4n) is 3.56. The number of rotatable bonds is 4. The van der Waals surface area contributed by atoms with E-state index < -0.39 is 75.1 Å². The third-order valence-electron chi connectivity index (χ3n) is 5.42. The van der Waals surface area contributed by atoms with Crippen LogP contribution in [-0.2, 0) is 15.3 Å². The summed E-state index contributed by atoms with van der Waals surface area (Å²) in [6, 6.07) is 1.91. The zero-order valence-electron chi connectivity index (χ0n) is 18.2. The molecule has 2 N–H and O–H groups in total. The predicted octanol–water partition coefficient (Wildman–Crippen LogP) is 4.96. The quantitative estimate of drug-likeness (QED) is 0.413. The van der Waals surface area contributed by atoms with Crippen LogP contribution < -0.4 is 4.74 Å². The zero-order valence-corrected chi connectivity index (χ0v) is 18.9. The van der Waals surface area contributed by atoms with E-state index in [9.17, 15) is 41.8 Å². The summed E-state index contributed by atoms with van der Waals surface area (Å²) in [4.78, 5) is 24.7. The van der Waals surface area contributed by atoms with Crippen molar-refractivity contribution in [1.82, 2.24) is 0 Å². The summed E-state index contributed by atoms with van der Waals surface area (Å²) in [5, 5.41) is 21.3. The smallest absolute Gasteiger partial charge is 0.460 e. The number of aromatic hydroxyl groups is 1. The molecule has 0 fully saturated rings. The number of alkyl halides is 7. The number of phenols is 1. The second-order valence-electron chi connectivity index (χ2n) is 7.54. The van der Waals surface area contributed by atoms with E-state index in [0.29, 0.717) is 0 Å². The highest BCUT2D eigenvalue weighted by atomic mass is 35.5. The number of carbonyl (C=O) groups excluding carboxylic acids is 2. The molecular formula is C21H14ClF7O7. The molecule has 1 unspecified atom stereocenters. The van der Waals surface area contributed by atoms with Crippen LogP contribution in [0.2, 0.25) is 5.02 Å². The van der Waals surface area contributed by atoms with Gasteiger partial charge in [-0.1, -0.05) is 11.6 Å². The van der Waals surface area contributed by atoms with E-state index in [1.54, 1.807) is 0 Å². The minimum atomic E-state index is -6.90. The summed E-state index contributed by atoms with van der Waals surface area (Å²) in [5.74, 6) is -23.5. The van der Waals surface area contributed by atoms with Crippen LogP contribution in [0.15, 0.2) is 18.2 Å². The number of aliphatic hydroxyl groups is 1. The Bertz CT molecular complexity index is 1280. The van der Waals surface area contributed by atoms with Crippen LogP contribution in [0.5, 0.6) is 11.5 Å². The molecule has 15 heteroatoms. The molecule has 7 nitrogen and oxygen atoms in total. The van der Waals surface area contributed by atoms with Crippen LogP contribution in [0.4, 0.5) is 30.7 Å². The normalized spacial score (nSPS) is 17.6. The first-order chi connectivity index (χ1) is 16.4. The number of fused-ring (bicyclic) bond motifs is 3. The Morgan fingerprint density at radius 3 is 2.06 bits per heavy atom. The molecule has 1 atom stereocenters. The molecule has 0 amide bonds. The topological polar surface area (TPSA) is 102 Å². The monoisotopic (exact) mass is 546 g/mol. The second kappa shape index (κ2) is 8.40. The minimum absolute atomic E-state index is 0.0436. The third-order valence-corrected chi connectivity index (χ3v) is 5.83. The van der Waals surface area contributed by atoms with E-state index in [1.807, 2.05) is 0 Å². The number of hydrogen-bond donors (Lipinski definition) is 2. The highest BCUT2D eigenvalue weighted by Crippen LogP contribution is 2.60. The molecule has 2 aromatic rings. The summed E-state index contributed by atoms with van der Waals surface area (Å²) < 4.78 is 111. The molecule has 36 heavy (non-hydrogen) atoms. The van der Waals surface area contributed by atoms with Gasteiger partial charge in [-0.3, -0.25) is 0 Å². The summed E-state index contributed by atoms with van der Waals surface area (Å²) >= 11 is 6.03. The van der Waals surface area contributed by atoms with Crippen molar-refractivity contribution in [2.45, 2.75) is 30.7 Å². The summed E-state index contributed by atoms with van der Waals surface area (Å²) in [7, 11) is 1.49. The van der Waals surface area contributed by atoms with Crippen molar-refractivity contribution in [3.8, 4) is 22.6 Å². The van der Waals surface area contributed by atoms with Gasteiger partial charge in [0.25, 0.3) is 0 Å². The number of ether oxygens (including phenoxy) is 3. The van der Waals surface area contributed by atoms with E-state index in [-0.39, 0.29) is 16.7 Å². The molecule has 2 aromatic carbocycles. The van der Waals surface area contributed by atoms with Crippen LogP contribution in [0, 0.1) is 6.92 Å². The van der Waals surface area contributed by atoms with Gasteiger partial charge < -0.3 is 24.4 Å². The average Bonchev–Trinajstić information content (AvgIpc) is 2.78. The number of halogens is 8. The number of carbonyl (C=O) groups is 2. The fraction of sp³-hybridized carbons (Fsp3) is 0.333. The molecule has 1 heterocycles. The van der Waals surface area contributed by atoms with Crippen molar-refractivity contribution < 1.29 is 64.7 Å². The Morgan fingerprint density at radius 2 is 1.56 bits per heavy atom. The summed E-state index contributed by atoms with van der Waals surface area (Å²) in [6.07, 6.45) is -6.89. The van der Waals surface area contributed by atoms with Crippen LogP contribution >= 0.6 is 11.6 Å². The van der Waals surface area contributed by atoms with Crippen molar-refractivity contribution in [2.75, 3.05) is 14.2 Å². The lowest BCUT2D eigenvalue weighted by Crippen LogP contribution is -2.65. The number of hydrogen-bond acceptors (Lipinski definition) is 7. The molecule has 0 spiro atoms. The van der Waals surface area contributed by atoms with Crippen LogP contribution in [-0.4, -0.2) is 54.4 Å². The maximum absolute atomic E-state index is 15.1. The fourth-order valence-corrected chi connectivity index (χ4v) is 3.72. The van der Waals surface area contributed by atoms with E-state index in [1.165, 1.54) is 6.92 Å². The standard InChI is InChI=1S/C21H14ClF7O7/c1-7-4-12-8(6-11(7)22)13-10(5-9(16(31)34-2)15(30)14(13)17(32)35-3)18(33,36-12)19(23,24)20(25,26)21(27,28)29/h4-6,30,33H,1-3H3. The minimum Gasteiger partial charge on any atom is -0.506 e. The second-order valence-corrected chi connectivity index (χ2v) is 7.95. The number of benzene rings is 2. The first kappa shape index (κ1) is 27.3. The molecular weight excluding hydrogens is 533 g/mol. The van der Waals surface area contributed by atoms with Gasteiger partial charge >= 0.3 is 35.7 Å². The van der Waals surface area contributed by atoms with E-state index in [2.05, 4.69) is 14.2 Å². The lowest BCUT2D eigenvalue weighted by atomic mass is 9.81. The van der Waals surface area contributed by atoms with Crippen LogP contribution in [0.1, 0.15) is 31.8 Å². The first-order valence-electron chi connectivity index (χ1n) is 9.48. The highest BCUT2D eigenvalue weighted by Gasteiger charge is 2.82. The molecule has 0 bridgehead atoms. The Kier molecular flexibility index (Phi) is 6.38. The SMILES string of the molecule is COC(=O)c1cc2c(c(C(=O)OC)c1O)-c1cc(Cl)c(C)cc1OC2(O)C(F)(F)C(F)(F)C(F)(F)F. The maximum Gasteiger partial charge on any atom is 0.460 e. The van der Waals surface area contributed by atoms with Crippen molar-refractivity contribution in [3.63, 3.8) is 0 Å². The molecule has 0 saturated heterocycles. The number of methoxy groups -OCH3 is 2. The molecule has 0 aliphatic carbocycles. The van der Waals surface area contributed by atoms with Gasteiger partial charge in [-0.05, 0) is 30.7 Å². The Labute approximate surface area is 201 Å². The molecule has 1 aliphatic rings. The van der Waals surface area contributed by atoms with Gasteiger partial charge in [-0.25, -0.2) is 9.59 Å². The largest absolute Gasteiger partial charge is 0.506 e. The van der Waals surface area contributed by atoms with Crippen LogP contribution in [0.25, 0.3) is 11.1 Å². The van der Waals surface area contributed by atoms with Gasteiger partial charge in [0.05, 0.1) is 14.2 Å². The maximum atomic E-state index is 15.1. The molecule has 1 aliphatic heterocycles. The van der Waals surface area contributed by atoms with Gasteiger partial charge in [0, 0.05) is 21.7 Å². The predicted molar refractivity (Wildman–Crippen MR) is 106 cm³/mol. The molecule has 0 saturated carbocycles. The molecule has 3 rings (SSSR count). The average molecular weight is 547 g/mol.